The van der Waals surface area contributed by atoms with Crippen LogP contribution in [0.4, 0.5) is 0 Å². The molecule has 144 valence electrons. The molecule has 26 heavy (non-hydrogen) atoms. The predicted octanol–water partition coefficient (Wildman–Crippen LogP) is 3.36. The number of aryl methyl sites for hydroxylation is 1. The van der Waals surface area contributed by atoms with Crippen LogP contribution in [0.1, 0.15) is 45.1 Å². The summed E-state index contributed by atoms with van der Waals surface area (Å²) in [6.45, 7) is 8.37. The van der Waals surface area contributed by atoms with Crippen LogP contribution in [0, 0.1) is 5.41 Å². The monoisotopic (exact) mass is 358 g/mol. The largest absolute Gasteiger partial charge is 0.383 e. The Hall–Kier alpha value is -1.39. The highest BCUT2D eigenvalue weighted by Gasteiger charge is 2.46. The molecule has 0 bridgehead atoms. The highest BCUT2D eigenvalue weighted by Crippen LogP contribution is 2.44. The van der Waals surface area contributed by atoms with Crippen molar-refractivity contribution in [1.82, 2.24) is 9.80 Å². The maximum absolute atomic E-state index is 12.6. The van der Waals surface area contributed by atoms with E-state index in [9.17, 15) is 4.79 Å². The van der Waals surface area contributed by atoms with Gasteiger partial charge in [-0.1, -0.05) is 30.3 Å². The van der Waals surface area contributed by atoms with Gasteiger partial charge in [-0.3, -0.25) is 9.69 Å². The lowest BCUT2D eigenvalue weighted by Gasteiger charge is -2.39. The molecule has 1 unspecified atom stereocenters. The van der Waals surface area contributed by atoms with Gasteiger partial charge in [-0.2, -0.15) is 0 Å². The van der Waals surface area contributed by atoms with Gasteiger partial charge in [0.1, 0.15) is 0 Å². The summed E-state index contributed by atoms with van der Waals surface area (Å²) in [6.07, 6.45) is 4.95. The second-order valence-corrected chi connectivity index (χ2v) is 8.45. The van der Waals surface area contributed by atoms with Gasteiger partial charge in [-0.25, -0.2) is 0 Å². The standard InChI is InChI=1S/C22H34N2O2/c1-18(2)24-17-22(15-20(24)16-26-3)11-13-23(14-12-22)21(25)10-9-19-7-5-4-6-8-19/h4-8,18,20H,9-17H2,1-3H3. The summed E-state index contributed by atoms with van der Waals surface area (Å²) in [5.74, 6) is 0.316. The van der Waals surface area contributed by atoms with Gasteiger partial charge in [0, 0.05) is 45.2 Å². The van der Waals surface area contributed by atoms with Crippen molar-refractivity contribution in [2.24, 2.45) is 5.41 Å². The van der Waals surface area contributed by atoms with E-state index >= 15 is 0 Å². The first-order valence-corrected chi connectivity index (χ1v) is 10.1. The molecular weight excluding hydrogens is 324 g/mol. The first-order valence-electron chi connectivity index (χ1n) is 10.1. The Kier molecular flexibility index (Phi) is 6.36. The molecule has 0 N–H and O–H groups in total. The minimum atomic E-state index is 0.316. The number of ether oxygens (including phenoxy) is 1. The molecule has 2 saturated heterocycles. The van der Waals surface area contributed by atoms with Crippen molar-refractivity contribution in [3.63, 3.8) is 0 Å². The highest BCUT2D eigenvalue weighted by molar-refractivity contribution is 5.76. The van der Waals surface area contributed by atoms with Crippen molar-refractivity contribution >= 4 is 5.91 Å². The van der Waals surface area contributed by atoms with Crippen LogP contribution < -0.4 is 0 Å². The molecule has 2 fully saturated rings. The third-order valence-electron chi connectivity index (χ3n) is 6.33. The fourth-order valence-corrected chi connectivity index (χ4v) is 4.80. The van der Waals surface area contributed by atoms with E-state index < -0.39 is 0 Å². The molecule has 0 aromatic heterocycles. The lowest BCUT2D eigenvalue weighted by molar-refractivity contribution is -0.133. The van der Waals surface area contributed by atoms with Crippen molar-refractivity contribution < 1.29 is 9.53 Å². The number of piperidine rings is 1. The Bertz CT molecular complexity index is 579. The van der Waals surface area contributed by atoms with E-state index in [1.54, 1.807) is 7.11 Å². The molecule has 3 rings (SSSR count). The minimum absolute atomic E-state index is 0.316. The van der Waals surface area contributed by atoms with E-state index in [0.717, 1.165) is 45.5 Å². The average molecular weight is 359 g/mol. The summed E-state index contributed by atoms with van der Waals surface area (Å²) >= 11 is 0. The number of likely N-dealkylation sites (tertiary alicyclic amines) is 2. The molecule has 1 amide bonds. The number of hydrogen-bond donors (Lipinski definition) is 0. The summed E-state index contributed by atoms with van der Waals surface area (Å²) < 4.78 is 5.47. The molecule has 0 radical (unpaired) electrons. The number of rotatable bonds is 6. The molecule has 4 nitrogen and oxygen atoms in total. The third-order valence-corrected chi connectivity index (χ3v) is 6.33. The molecule has 1 aromatic carbocycles. The molecule has 4 heteroatoms. The summed E-state index contributed by atoms with van der Waals surface area (Å²) in [4.78, 5) is 17.3. The van der Waals surface area contributed by atoms with Crippen LogP contribution in [0.3, 0.4) is 0 Å². The molecular formula is C22H34N2O2. The lowest BCUT2D eigenvalue weighted by atomic mass is 9.76. The summed E-state index contributed by atoms with van der Waals surface area (Å²) in [5, 5.41) is 0. The smallest absolute Gasteiger partial charge is 0.222 e. The molecule has 0 aliphatic carbocycles. The highest BCUT2D eigenvalue weighted by atomic mass is 16.5. The quantitative estimate of drug-likeness (QED) is 0.782. The van der Waals surface area contributed by atoms with Crippen molar-refractivity contribution in [3.05, 3.63) is 35.9 Å². The number of carbonyl (C=O) groups excluding carboxylic acids is 1. The van der Waals surface area contributed by atoms with Crippen LogP contribution in [0.2, 0.25) is 0 Å². The maximum atomic E-state index is 12.6. The first kappa shape index (κ1) is 19.4. The minimum Gasteiger partial charge on any atom is -0.383 e. The van der Waals surface area contributed by atoms with E-state index in [1.165, 1.54) is 12.0 Å². The summed E-state index contributed by atoms with van der Waals surface area (Å²) in [6, 6.07) is 11.4. The number of hydrogen-bond acceptors (Lipinski definition) is 3. The van der Waals surface area contributed by atoms with Gasteiger partial charge >= 0.3 is 0 Å². The van der Waals surface area contributed by atoms with E-state index in [1.807, 2.05) is 18.2 Å². The normalized spacial score (nSPS) is 23.1. The van der Waals surface area contributed by atoms with Crippen molar-refractivity contribution in [2.45, 2.75) is 58.0 Å². The van der Waals surface area contributed by atoms with Crippen LogP contribution in [-0.4, -0.2) is 61.1 Å². The van der Waals surface area contributed by atoms with Crippen molar-refractivity contribution in [3.8, 4) is 0 Å². The van der Waals surface area contributed by atoms with Crippen molar-refractivity contribution in [1.29, 1.82) is 0 Å². The number of amides is 1. The third kappa shape index (κ3) is 4.47. The van der Waals surface area contributed by atoms with Crippen LogP contribution in [0.15, 0.2) is 30.3 Å². The summed E-state index contributed by atoms with van der Waals surface area (Å²) in [5.41, 5.74) is 1.63. The molecule has 1 atom stereocenters. The van der Waals surface area contributed by atoms with Crippen LogP contribution in [0.5, 0.6) is 0 Å². The number of methoxy groups -OCH3 is 1. The number of benzene rings is 1. The van der Waals surface area contributed by atoms with Gasteiger partial charge in [0.05, 0.1) is 6.61 Å². The summed E-state index contributed by atoms with van der Waals surface area (Å²) in [7, 11) is 1.80. The van der Waals surface area contributed by atoms with Crippen molar-refractivity contribution in [2.75, 3.05) is 33.4 Å². The van der Waals surface area contributed by atoms with E-state index in [0.29, 0.717) is 29.8 Å². The maximum Gasteiger partial charge on any atom is 0.222 e. The molecule has 0 saturated carbocycles. The molecule has 2 aliphatic rings. The zero-order chi connectivity index (χ0) is 18.6. The van der Waals surface area contributed by atoms with Gasteiger partial charge in [-0.15, -0.1) is 0 Å². The average Bonchev–Trinajstić information content (AvgIpc) is 3.00. The SMILES string of the molecule is COCC1CC2(CCN(C(=O)CCc3ccccc3)CC2)CN1C(C)C. The fourth-order valence-electron chi connectivity index (χ4n) is 4.80. The van der Waals surface area contributed by atoms with Gasteiger partial charge in [-0.05, 0) is 50.5 Å². The molecule has 2 aliphatic heterocycles. The van der Waals surface area contributed by atoms with E-state index in [4.69, 9.17) is 4.74 Å². The van der Waals surface area contributed by atoms with Gasteiger partial charge in [0.2, 0.25) is 5.91 Å². The Morgan fingerprint density at radius 1 is 1.23 bits per heavy atom. The van der Waals surface area contributed by atoms with E-state index in [-0.39, 0.29) is 0 Å². The van der Waals surface area contributed by atoms with E-state index in [2.05, 4.69) is 35.8 Å². The zero-order valence-corrected chi connectivity index (χ0v) is 16.6. The second kappa shape index (κ2) is 8.53. The molecule has 1 spiro atoms. The fraction of sp³-hybridized carbons (Fsp3) is 0.682. The lowest BCUT2D eigenvalue weighted by Crippen LogP contribution is -2.44. The second-order valence-electron chi connectivity index (χ2n) is 8.45. The Balaban J connectivity index is 1.51. The van der Waals surface area contributed by atoms with Gasteiger partial charge in [0.15, 0.2) is 0 Å². The predicted molar refractivity (Wildman–Crippen MR) is 105 cm³/mol. The van der Waals surface area contributed by atoms with Gasteiger partial charge < -0.3 is 9.64 Å². The number of nitrogens with zero attached hydrogens (tertiary/aromatic N) is 2. The zero-order valence-electron chi connectivity index (χ0n) is 16.6. The Morgan fingerprint density at radius 2 is 1.92 bits per heavy atom. The first-order chi connectivity index (χ1) is 12.5. The van der Waals surface area contributed by atoms with Gasteiger partial charge in [0.25, 0.3) is 0 Å². The molecule has 1 aromatic rings. The Morgan fingerprint density at radius 3 is 2.54 bits per heavy atom. The Labute approximate surface area is 158 Å². The van der Waals surface area contributed by atoms with Crippen LogP contribution >= 0.6 is 0 Å². The number of carbonyl (C=O) groups is 1. The van der Waals surface area contributed by atoms with Crippen LogP contribution in [-0.2, 0) is 16.0 Å². The topological polar surface area (TPSA) is 32.8 Å². The van der Waals surface area contributed by atoms with Crippen LogP contribution in [0.25, 0.3) is 0 Å². The molecule has 2 heterocycles.